The molecule has 7 heteroatoms. The Labute approximate surface area is 132 Å². The minimum Gasteiger partial charge on any atom is -0.478 e. The van der Waals surface area contributed by atoms with Crippen molar-refractivity contribution in [3.8, 4) is 0 Å². The van der Waals surface area contributed by atoms with Crippen LogP contribution in [0.15, 0.2) is 28.8 Å². The third-order valence-electron chi connectivity index (χ3n) is 3.96. The highest BCUT2D eigenvalue weighted by Gasteiger charge is 2.29. The van der Waals surface area contributed by atoms with E-state index >= 15 is 0 Å². The summed E-state index contributed by atoms with van der Waals surface area (Å²) in [6.45, 7) is 2.90. The highest BCUT2D eigenvalue weighted by molar-refractivity contribution is 5.97. The maximum absolute atomic E-state index is 12.6. The van der Waals surface area contributed by atoms with Gasteiger partial charge in [-0.1, -0.05) is 11.2 Å². The van der Waals surface area contributed by atoms with E-state index < -0.39 is 5.97 Å². The predicted octanol–water partition coefficient (Wildman–Crippen LogP) is 2.10. The lowest BCUT2D eigenvalue weighted by atomic mass is 9.97. The van der Waals surface area contributed by atoms with Crippen LogP contribution in [0.5, 0.6) is 0 Å². The van der Waals surface area contributed by atoms with Gasteiger partial charge < -0.3 is 14.5 Å². The van der Waals surface area contributed by atoms with Gasteiger partial charge in [-0.15, -0.1) is 0 Å². The van der Waals surface area contributed by atoms with E-state index in [1.165, 1.54) is 12.1 Å². The number of nitrogens with zero attached hydrogens (tertiary/aromatic N) is 3. The molecule has 1 N–H and O–H groups in total. The zero-order valence-corrected chi connectivity index (χ0v) is 12.7. The summed E-state index contributed by atoms with van der Waals surface area (Å²) in [7, 11) is 0. The molecule has 2 heterocycles. The van der Waals surface area contributed by atoms with E-state index in [1.807, 2.05) is 0 Å². The fraction of sp³-hybridized carbons (Fsp3) is 0.375. The molecule has 1 aliphatic rings. The molecular formula is C16H17N3O4. The van der Waals surface area contributed by atoms with Crippen LogP contribution in [0.2, 0.25) is 0 Å². The first-order valence-corrected chi connectivity index (χ1v) is 7.47. The van der Waals surface area contributed by atoms with Gasteiger partial charge in [-0.2, -0.15) is 4.98 Å². The van der Waals surface area contributed by atoms with E-state index in [-0.39, 0.29) is 17.4 Å². The van der Waals surface area contributed by atoms with Crippen molar-refractivity contribution in [2.75, 3.05) is 13.1 Å². The van der Waals surface area contributed by atoms with Crippen molar-refractivity contribution in [3.05, 3.63) is 47.1 Å². The first kappa shape index (κ1) is 15.2. The molecule has 1 unspecified atom stereocenters. The number of carboxylic acid groups (broad SMARTS) is 1. The molecule has 1 saturated heterocycles. The summed E-state index contributed by atoms with van der Waals surface area (Å²) < 4.78 is 5.21. The number of piperidine rings is 1. The van der Waals surface area contributed by atoms with Crippen molar-refractivity contribution < 1.29 is 19.2 Å². The topological polar surface area (TPSA) is 96.5 Å². The second-order valence-electron chi connectivity index (χ2n) is 5.66. The third-order valence-corrected chi connectivity index (χ3v) is 3.96. The molecule has 1 fully saturated rings. The number of likely N-dealkylation sites (tertiary alicyclic amines) is 1. The van der Waals surface area contributed by atoms with Crippen molar-refractivity contribution in [1.82, 2.24) is 15.0 Å². The Hall–Kier alpha value is -2.70. The maximum Gasteiger partial charge on any atom is 0.335 e. The molecule has 1 atom stereocenters. The molecule has 1 amide bonds. The van der Waals surface area contributed by atoms with E-state index in [2.05, 4.69) is 10.1 Å². The van der Waals surface area contributed by atoms with Crippen LogP contribution in [0.25, 0.3) is 0 Å². The quantitative estimate of drug-likeness (QED) is 0.931. The van der Waals surface area contributed by atoms with Gasteiger partial charge in [0.25, 0.3) is 5.91 Å². The summed E-state index contributed by atoms with van der Waals surface area (Å²) in [5.41, 5.74) is 0.490. The highest BCUT2D eigenvalue weighted by atomic mass is 16.5. The van der Waals surface area contributed by atoms with E-state index in [1.54, 1.807) is 24.0 Å². The summed E-state index contributed by atoms with van der Waals surface area (Å²) in [6.07, 6.45) is 1.73. The molecule has 7 nitrogen and oxygen atoms in total. The summed E-state index contributed by atoms with van der Waals surface area (Å²) in [6, 6.07) is 6.10. The Kier molecular flexibility index (Phi) is 4.10. The number of aromatic carboxylic acids is 1. The van der Waals surface area contributed by atoms with Crippen LogP contribution in [-0.2, 0) is 0 Å². The number of aromatic nitrogens is 2. The second kappa shape index (κ2) is 6.20. The monoisotopic (exact) mass is 315 g/mol. The number of aryl methyl sites for hydroxylation is 1. The van der Waals surface area contributed by atoms with Gasteiger partial charge in [0.1, 0.15) is 0 Å². The number of carboxylic acids is 1. The highest BCUT2D eigenvalue weighted by Crippen LogP contribution is 2.26. The average Bonchev–Trinajstić information content (AvgIpc) is 3.01. The van der Waals surface area contributed by atoms with E-state index in [4.69, 9.17) is 9.63 Å². The van der Waals surface area contributed by atoms with E-state index in [0.29, 0.717) is 30.4 Å². The Balaban J connectivity index is 1.77. The Morgan fingerprint density at radius 2 is 2.13 bits per heavy atom. The number of rotatable bonds is 3. The zero-order chi connectivity index (χ0) is 16.4. The third kappa shape index (κ3) is 3.23. The molecule has 1 aliphatic heterocycles. The largest absolute Gasteiger partial charge is 0.478 e. The van der Waals surface area contributed by atoms with Gasteiger partial charge in [0.2, 0.25) is 5.89 Å². The van der Waals surface area contributed by atoms with Crippen molar-refractivity contribution in [2.24, 2.45) is 0 Å². The van der Waals surface area contributed by atoms with Gasteiger partial charge in [0, 0.05) is 18.7 Å². The summed E-state index contributed by atoms with van der Waals surface area (Å²) in [4.78, 5) is 29.6. The first-order valence-electron chi connectivity index (χ1n) is 7.47. The molecule has 0 bridgehead atoms. The predicted molar refractivity (Wildman–Crippen MR) is 80.3 cm³/mol. The van der Waals surface area contributed by atoms with E-state index in [0.717, 1.165) is 12.8 Å². The molecule has 3 rings (SSSR count). The Bertz CT molecular complexity index is 740. The van der Waals surface area contributed by atoms with Crippen LogP contribution in [0.3, 0.4) is 0 Å². The Morgan fingerprint density at radius 1 is 1.35 bits per heavy atom. The van der Waals surface area contributed by atoms with Crippen molar-refractivity contribution in [3.63, 3.8) is 0 Å². The van der Waals surface area contributed by atoms with Crippen LogP contribution in [0.4, 0.5) is 0 Å². The molecule has 0 aliphatic carbocycles. The number of hydrogen-bond acceptors (Lipinski definition) is 5. The fourth-order valence-corrected chi connectivity index (χ4v) is 2.81. The molecule has 120 valence electrons. The number of benzene rings is 1. The smallest absolute Gasteiger partial charge is 0.335 e. The molecule has 23 heavy (non-hydrogen) atoms. The van der Waals surface area contributed by atoms with Crippen LogP contribution in [0.1, 0.15) is 51.2 Å². The Morgan fingerprint density at radius 3 is 2.83 bits per heavy atom. The normalized spacial score (nSPS) is 18.0. The van der Waals surface area contributed by atoms with Gasteiger partial charge in [-0.25, -0.2) is 4.79 Å². The zero-order valence-electron chi connectivity index (χ0n) is 12.7. The average molecular weight is 315 g/mol. The molecule has 1 aromatic carbocycles. The van der Waals surface area contributed by atoms with Crippen LogP contribution in [-0.4, -0.2) is 45.1 Å². The lowest BCUT2D eigenvalue weighted by Crippen LogP contribution is -2.39. The molecule has 1 aromatic heterocycles. The van der Waals surface area contributed by atoms with Crippen LogP contribution < -0.4 is 0 Å². The fourth-order valence-electron chi connectivity index (χ4n) is 2.81. The number of amides is 1. The first-order chi connectivity index (χ1) is 11.0. The second-order valence-corrected chi connectivity index (χ2v) is 5.66. The van der Waals surface area contributed by atoms with Gasteiger partial charge in [0.15, 0.2) is 5.82 Å². The van der Waals surface area contributed by atoms with Gasteiger partial charge in [-0.3, -0.25) is 4.79 Å². The number of hydrogen-bond donors (Lipinski definition) is 1. The standard InChI is InChI=1S/C16H17N3O4/c1-10-17-14(23-18-10)13-6-3-7-19(9-13)15(20)11-4-2-5-12(8-11)16(21)22/h2,4-5,8,13H,3,6-7,9H2,1H3,(H,21,22). The maximum atomic E-state index is 12.6. The molecule has 0 radical (unpaired) electrons. The number of carbonyl (C=O) groups excluding carboxylic acids is 1. The van der Waals surface area contributed by atoms with Crippen LogP contribution >= 0.6 is 0 Å². The van der Waals surface area contributed by atoms with Gasteiger partial charge >= 0.3 is 5.97 Å². The van der Waals surface area contributed by atoms with E-state index in [9.17, 15) is 9.59 Å². The minimum absolute atomic E-state index is 0.0246. The summed E-state index contributed by atoms with van der Waals surface area (Å²) in [5, 5.41) is 12.8. The lowest BCUT2D eigenvalue weighted by molar-refractivity contribution is 0.0695. The lowest BCUT2D eigenvalue weighted by Gasteiger charge is -2.31. The molecule has 0 saturated carbocycles. The molecule has 0 spiro atoms. The molecule has 2 aromatic rings. The van der Waals surface area contributed by atoms with Gasteiger partial charge in [-0.05, 0) is 38.0 Å². The van der Waals surface area contributed by atoms with Crippen LogP contribution in [0, 0.1) is 6.92 Å². The minimum atomic E-state index is -1.04. The van der Waals surface area contributed by atoms with Crippen molar-refractivity contribution in [2.45, 2.75) is 25.7 Å². The molecular weight excluding hydrogens is 298 g/mol. The summed E-state index contributed by atoms with van der Waals surface area (Å²) >= 11 is 0. The number of carbonyl (C=O) groups is 2. The summed E-state index contributed by atoms with van der Waals surface area (Å²) in [5.74, 6) is -0.0556. The van der Waals surface area contributed by atoms with Crippen molar-refractivity contribution in [1.29, 1.82) is 0 Å². The van der Waals surface area contributed by atoms with Gasteiger partial charge in [0.05, 0.1) is 11.5 Å². The SMILES string of the molecule is Cc1noc(C2CCCN(C(=O)c3cccc(C(=O)O)c3)C2)n1. The van der Waals surface area contributed by atoms with Crippen molar-refractivity contribution >= 4 is 11.9 Å².